The summed E-state index contributed by atoms with van der Waals surface area (Å²) in [5.74, 6) is 2.33. The van der Waals surface area contributed by atoms with Gasteiger partial charge in [0.05, 0.1) is 5.92 Å². The lowest BCUT2D eigenvalue weighted by Gasteiger charge is -2.39. The molecule has 0 N–H and O–H groups in total. The van der Waals surface area contributed by atoms with Crippen molar-refractivity contribution in [3.05, 3.63) is 47.5 Å². The molecular weight excluding hydrogens is 424 g/mol. The zero-order valence-electron chi connectivity index (χ0n) is 18.5. The fraction of sp³-hybridized carbons (Fsp3) is 0.476. The van der Waals surface area contributed by atoms with Gasteiger partial charge in [0, 0.05) is 58.4 Å². The van der Waals surface area contributed by atoms with Crippen molar-refractivity contribution in [1.29, 1.82) is 0 Å². The molecule has 5 heterocycles. The van der Waals surface area contributed by atoms with E-state index in [1.54, 1.807) is 24.1 Å². The van der Waals surface area contributed by atoms with Gasteiger partial charge in [0.1, 0.15) is 30.6 Å². The van der Waals surface area contributed by atoms with Gasteiger partial charge in [-0.3, -0.25) is 9.59 Å². The van der Waals surface area contributed by atoms with Gasteiger partial charge in [-0.1, -0.05) is 0 Å². The van der Waals surface area contributed by atoms with Gasteiger partial charge in [0.25, 0.3) is 5.56 Å². The molecule has 172 valence electrons. The van der Waals surface area contributed by atoms with Crippen molar-refractivity contribution < 1.29 is 4.79 Å². The third-order valence-corrected chi connectivity index (χ3v) is 6.25. The van der Waals surface area contributed by atoms with Crippen molar-refractivity contribution in [3.63, 3.8) is 0 Å². The highest BCUT2D eigenvalue weighted by Gasteiger charge is 2.32. The molecule has 3 aromatic heterocycles. The lowest BCUT2D eigenvalue weighted by atomic mass is 9.96. The van der Waals surface area contributed by atoms with Crippen LogP contribution in [0.3, 0.4) is 0 Å². The quantitative estimate of drug-likeness (QED) is 0.529. The summed E-state index contributed by atoms with van der Waals surface area (Å²) in [6.45, 7) is 4.17. The molecule has 1 amide bonds. The van der Waals surface area contributed by atoms with Crippen LogP contribution in [0.4, 0.5) is 11.6 Å². The fourth-order valence-electron chi connectivity index (χ4n) is 4.42. The average molecular weight is 451 g/mol. The van der Waals surface area contributed by atoms with Crippen molar-refractivity contribution in [2.75, 3.05) is 49.1 Å². The van der Waals surface area contributed by atoms with Gasteiger partial charge >= 0.3 is 0 Å². The minimum atomic E-state index is -0.140. The molecule has 0 radical (unpaired) electrons. The van der Waals surface area contributed by atoms with E-state index in [9.17, 15) is 9.59 Å². The molecule has 3 aromatic rings. The molecule has 0 aromatic carbocycles. The molecule has 2 saturated heterocycles. The molecule has 0 bridgehead atoms. The second kappa shape index (κ2) is 8.96. The Morgan fingerprint density at radius 2 is 1.79 bits per heavy atom. The topological polar surface area (TPSA) is 118 Å². The Morgan fingerprint density at radius 3 is 2.55 bits per heavy atom. The van der Waals surface area contributed by atoms with E-state index in [1.165, 1.54) is 23.4 Å². The molecule has 12 heteroatoms. The minimum absolute atomic E-state index is 0.0673. The van der Waals surface area contributed by atoms with Crippen molar-refractivity contribution in [2.24, 2.45) is 13.0 Å². The number of hydrogen-bond donors (Lipinski definition) is 0. The van der Waals surface area contributed by atoms with E-state index in [0.717, 1.165) is 31.0 Å². The molecule has 2 aliphatic rings. The first-order valence-corrected chi connectivity index (χ1v) is 11.1. The zero-order chi connectivity index (χ0) is 22.8. The van der Waals surface area contributed by atoms with Crippen LogP contribution in [0.2, 0.25) is 0 Å². The third kappa shape index (κ3) is 4.41. The SMILES string of the molecule is Cn1nc(N2CCCC(C(=O)N3CCN(c4cc(-n5cncn5)ncn4)CC3)C2)ccc1=O. The number of aromatic nitrogens is 7. The van der Waals surface area contributed by atoms with Crippen LogP contribution in [0.15, 0.2) is 42.0 Å². The van der Waals surface area contributed by atoms with E-state index in [-0.39, 0.29) is 17.4 Å². The second-order valence-corrected chi connectivity index (χ2v) is 8.33. The van der Waals surface area contributed by atoms with Crippen molar-refractivity contribution >= 4 is 17.5 Å². The number of piperidine rings is 1. The van der Waals surface area contributed by atoms with Crippen LogP contribution in [-0.2, 0) is 11.8 Å². The normalized spacial score (nSPS) is 19.1. The largest absolute Gasteiger partial charge is 0.354 e. The molecule has 0 saturated carbocycles. The number of aryl methyl sites for hydroxylation is 1. The number of anilines is 2. The predicted molar refractivity (Wildman–Crippen MR) is 120 cm³/mol. The van der Waals surface area contributed by atoms with E-state index in [2.05, 4.69) is 34.9 Å². The van der Waals surface area contributed by atoms with Gasteiger partial charge in [0.2, 0.25) is 5.91 Å². The summed E-state index contributed by atoms with van der Waals surface area (Å²) in [6.07, 6.45) is 6.38. The van der Waals surface area contributed by atoms with Crippen LogP contribution in [-0.4, -0.2) is 84.6 Å². The number of amides is 1. The Bertz CT molecular complexity index is 1170. The highest BCUT2D eigenvalue weighted by molar-refractivity contribution is 5.80. The first kappa shape index (κ1) is 21.0. The highest BCUT2D eigenvalue weighted by Crippen LogP contribution is 2.24. The van der Waals surface area contributed by atoms with Crippen LogP contribution in [0, 0.1) is 5.92 Å². The molecular formula is C21H26N10O2. The Labute approximate surface area is 190 Å². The van der Waals surface area contributed by atoms with Crippen LogP contribution in [0.5, 0.6) is 0 Å². The van der Waals surface area contributed by atoms with Gasteiger partial charge in [-0.15, -0.1) is 0 Å². The van der Waals surface area contributed by atoms with E-state index < -0.39 is 0 Å². The summed E-state index contributed by atoms with van der Waals surface area (Å²) in [4.78, 5) is 43.7. The van der Waals surface area contributed by atoms with Crippen LogP contribution in [0.1, 0.15) is 12.8 Å². The van der Waals surface area contributed by atoms with Crippen LogP contribution >= 0.6 is 0 Å². The summed E-state index contributed by atoms with van der Waals surface area (Å²) in [6, 6.07) is 5.14. The lowest BCUT2D eigenvalue weighted by molar-refractivity contribution is -0.136. The second-order valence-electron chi connectivity index (χ2n) is 8.33. The molecule has 12 nitrogen and oxygen atoms in total. The highest BCUT2D eigenvalue weighted by atomic mass is 16.2. The van der Waals surface area contributed by atoms with Gasteiger partial charge in [0.15, 0.2) is 5.82 Å². The van der Waals surface area contributed by atoms with Gasteiger partial charge in [-0.2, -0.15) is 10.2 Å². The lowest BCUT2D eigenvalue weighted by Crippen LogP contribution is -2.53. The number of rotatable bonds is 4. The monoisotopic (exact) mass is 450 g/mol. The van der Waals surface area contributed by atoms with Crippen molar-refractivity contribution in [3.8, 4) is 5.82 Å². The molecule has 0 aliphatic carbocycles. The smallest absolute Gasteiger partial charge is 0.266 e. The maximum Gasteiger partial charge on any atom is 0.266 e. The Kier molecular flexibility index (Phi) is 5.71. The number of nitrogens with zero attached hydrogens (tertiary/aromatic N) is 10. The fourth-order valence-corrected chi connectivity index (χ4v) is 4.42. The number of carbonyl (C=O) groups excluding carboxylic acids is 1. The zero-order valence-corrected chi connectivity index (χ0v) is 18.5. The van der Waals surface area contributed by atoms with Gasteiger partial charge in [-0.05, 0) is 18.9 Å². The summed E-state index contributed by atoms with van der Waals surface area (Å²) < 4.78 is 2.93. The summed E-state index contributed by atoms with van der Waals surface area (Å²) in [5.41, 5.74) is -0.140. The number of piperazine rings is 1. The van der Waals surface area contributed by atoms with Crippen molar-refractivity contribution in [1.82, 2.24) is 39.4 Å². The maximum atomic E-state index is 13.3. The van der Waals surface area contributed by atoms with Gasteiger partial charge < -0.3 is 14.7 Å². The first-order chi connectivity index (χ1) is 16.1. The Hall–Kier alpha value is -3.83. The van der Waals surface area contributed by atoms with Crippen molar-refractivity contribution in [2.45, 2.75) is 12.8 Å². The van der Waals surface area contributed by atoms with E-state index in [4.69, 9.17) is 0 Å². The minimum Gasteiger partial charge on any atom is -0.354 e. The summed E-state index contributed by atoms with van der Waals surface area (Å²) in [5, 5.41) is 8.46. The molecule has 33 heavy (non-hydrogen) atoms. The Balaban J connectivity index is 1.20. The summed E-state index contributed by atoms with van der Waals surface area (Å²) >= 11 is 0. The maximum absolute atomic E-state index is 13.3. The molecule has 0 spiro atoms. The molecule has 2 aliphatic heterocycles. The van der Waals surface area contributed by atoms with Crippen LogP contribution in [0.25, 0.3) is 5.82 Å². The van der Waals surface area contributed by atoms with Gasteiger partial charge in [-0.25, -0.2) is 24.3 Å². The van der Waals surface area contributed by atoms with E-state index >= 15 is 0 Å². The van der Waals surface area contributed by atoms with E-state index in [1.807, 2.05) is 11.0 Å². The van der Waals surface area contributed by atoms with E-state index in [0.29, 0.717) is 38.5 Å². The number of hydrogen-bond acceptors (Lipinski definition) is 9. The molecule has 1 unspecified atom stereocenters. The number of carbonyl (C=O) groups is 1. The Morgan fingerprint density at radius 1 is 0.970 bits per heavy atom. The first-order valence-electron chi connectivity index (χ1n) is 11.1. The standard InChI is InChI=1S/C21H26N10O2/c1-27-20(32)5-4-17(26-27)30-6-2-3-16(12-30)21(33)29-9-7-28(8-10-29)18-11-19(24-14-23-18)31-15-22-13-25-31/h4-5,11,13-16H,2-3,6-10,12H2,1H3. The average Bonchev–Trinajstić information content (AvgIpc) is 3.41. The molecule has 2 fully saturated rings. The molecule has 1 atom stereocenters. The van der Waals surface area contributed by atoms with Crippen LogP contribution < -0.4 is 15.4 Å². The predicted octanol–water partition coefficient (Wildman–Crippen LogP) is -0.284. The third-order valence-electron chi connectivity index (χ3n) is 6.25. The molecule has 5 rings (SSSR count). The summed E-state index contributed by atoms with van der Waals surface area (Å²) in [7, 11) is 1.64.